The van der Waals surface area contributed by atoms with Gasteiger partial charge in [0.15, 0.2) is 5.60 Å². The second kappa shape index (κ2) is 10.6. The van der Waals surface area contributed by atoms with Gasteiger partial charge in [-0.3, -0.25) is 4.79 Å². The summed E-state index contributed by atoms with van der Waals surface area (Å²) in [6.07, 6.45) is 1.41. The van der Waals surface area contributed by atoms with Crippen LogP contribution in [-0.2, 0) is 31.7 Å². The van der Waals surface area contributed by atoms with Crippen molar-refractivity contribution in [2.24, 2.45) is 5.14 Å². The molecule has 1 fully saturated rings. The van der Waals surface area contributed by atoms with Gasteiger partial charge in [0.25, 0.3) is 5.91 Å². The number of aliphatic hydroxyl groups is 1. The number of benzene rings is 3. The van der Waals surface area contributed by atoms with E-state index in [1.54, 1.807) is 28.0 Å². The van der Waals surface area contributed by atoms with Gasteiger partial charge in [-0.15, -0.1) is 0 Å². The number of para-hydroxylation sites is 1. The maximum atomic E-state index is 13.7. The van der Waals surface area contributed by atoms with E-state index in [0.717, 1.165) is 18.4 Å². The topological polar surface area (TPSA) is 130 Å². The molecule has 5 rings (SSSR count). The van der Waals surface area contributed by atoms with Crippen LogP contribution < -0.4 is 10.0 Å². The van der Waals surface area contributed by atoms with Gasteiger partial charge < -0.3 is 19.6 Å². The third-order valence-corrected chi connectivity index (χ3v) is 8.61. The number of primary sulfonamides is 1. The first-order valence-electron chi connectivity index (χ1n) is 13.6. The lowest BCUT2D eigenvalue weighted by atomic mass is 9.87. The molecule has 0 bridgehead atoms. The fourth-order valence-corrected chi connectivity index (χ4v) is 6.07. The molecule has 2 heterocycles. The summed E-state index contributed by atoms with van der Waals surface area (Å²) in [6.45, 7) is 7.12. The van der Waals surface area contributed by atoms with Crippen LogP contribution in [0, 0.1) is 0 Å². The zero-order chi connectivity index (χ0) is 29.6. The maximum absolute atomic E-state index is 13.7. The van der Waals surface area contributed by atoms with Crippen molar-refractivity contribution in [3.63, 3.8) is 0 Å². The molecule has 0 spiro atoms. The average Bonchev–Trinajstić information content (AvgIpc) is 3.15. The Morgan fingerprint density at radius 3 is 2.20 bits per heavy atom. The van der Waals surface area contributed by atoms with E-state index in [1.165, 1.54) is 29.8 Å². The molecule has 0 aromatic heterocycles. The van der Waals surface area contributed by atoms with E-state index in [0.29, 0.717) is 30.3 Å². The van der Waals surface area contributed by atoms with Gasteiger partial charge in [-0.1, -0.05) is 54.6 Å². The molecular weight excluding hydrogens is 542 g/mol. The summed E-state index contributed by atoms with van der Waals surface area (Å²) in [5, 5.41) is 17.0. The van der Waals surface area contributed by atoms with E-state index in [1.807, 2.05) is 39.0 Å². The molecule has 0 aliphatic carbocycles. The number of rotatable bonds is 5. The summed E-state index contributed by atoms with van der Waals surface area (Å²) in [6, 6.07) is 20.6. The monoisotopic (exact) mass is 577 g/mol. The number of carbonyl (C=O) groups is 2. The minimum atomic E-state index is -3.91. The largest absolute Gasteiger partial charge is 0.444 e. The van der Waals surface area contributed by atoms with Crippen LogP contribution in [0.4, 0.5) is 10.5 Å². The Morgan fingerprint density at radius 1 is 1.00 bits per heavy atom. The van der Waals surface area contributed by atoms with E-state index in [4.69, 9.17) is 9.88 Å². The van der Waals surface area contributed by atoms with Crippen molar-refractivity contribution < 1.29 is 27.9 Å². The number of fused-ring (bicyclic) bond motifs is 1. The van der Waals surface area contributed by atoms with Crippen molar-refractivity contribution in [3.8, 4) is 0 Å². The molecule has 2 aliphatic heterocycles. The summed E-state index contributed by atoms with van der Waals surface area (Å²) in [5.74, 6) is -0.192. The summed E-state index contributed by atoms with van der Waals surface area (Å²) >= 11 is 0. The molecular formula is C31H35N3O6S. The van der Waals surface area contributed by atoms with Gasteiger partial charge in [-0.2, -0.15) is 0 Å². The van der Waals surface area contributed by atoms with Crippen LogP contribution in [0.2, 0.25) is 0 Å². The first-order valence-corrected chi connectivity index (χ1v) is 15.2. The van der Waals surface area contributed by atoms with Crippen molar-refractivity contribution in [2.45, 2.75) is 62.2 Å². The molecule has 1 unspecified atom stereocenters. The number of hydrogen-bond acceptors (Lipinski definition) is 6. The summed E-state index contributed by atoms with van der Waals surface area (Å²) in [5.41, 5.74) is 0.882. The van der Waals surface area contributed by atoms with Crippen LogP contribution in [0.5, 0.6) is 0 Å². The molecule has 1 atom stereocenters. The molecule has 3 aromatic carbocycles. The van der Waals surface area contributed by atoms with Crippen LogP contribution in [0.15, 0.2) is 77.7 Å². The lowest BCUT2D eigenvalue weighted by Crippen LogP contribution is -2.41. The minimum absolute atomic E-state index is 0.101. The molecule has 3 aromatic rings. The Hall–Kier alpha value is -3.73. The van der Waals surface area contributed by atoms with Gasteiger partial charge in [-0.25, -0.2) is 18.4 Å². The molecule has 3 N–H and O–H groups in total. The lowest BCUT2D eigenvalue weighted by molar-refractivity contribution is -0.132. The molecule has 0 radical (unpaired) electrons. The highest BCUT2D eigenvalue weighted by Crippen LogP contribution is 2.45. The zero-order valence-electron chi connectivity index (χ0n) is 23.4. The van der Waals surface area contributed by atoms with Gasteiger partial charge in [0.05, 0.1) is 17.1 Å². The van der Waals surface area contributed by atoms with Crippen LogP contribution in [0.3, 0.4) is 0 Å². The number of ether oxygens (including phenoxy) is 1. The van der Waals surface area contributed by atoms with E-state index in [-0.39, 0.29) is 23.1 Å². The Labute approximate surface area is 240 Å². The molecule has 0 saturated carbocycles. The molecule has 2 amide bonds. The van der Waals surface area contributed by atoms with Gasteiger partial charge in [0.2, 0.25) is 10.0 Å². The Kier molecular flexibility index (Phi) is 7.44. The predicted molar refractivity (Wildman–Crippen MR) is 155 cm³/mol. The quantitative estimate of drug-likeness (QED) is 0.467. The molecule has 41 heavy (non-hydrogen) atoms. The SMILES string of the molecule is CC(C)(C)OC(=O)N1CCC(c2ccc(CN3C(=O)C(O)(c4ccc(S(N)(=O)=O)cc4)c4ccccc43)cc2)CC1. The summed E-state index contributed by atoms with van der Waals surface area (Å²) in [7, 11) is -3.91. The average molecular weight is 578 g/mol. The van der Waals surface area contributed by atoms with E-state index < -0.39 is 27.1 Å². The Balaban J connectivity index is 1.30. The number of sulfonamides is 1. The number of amides is 2. The molecule has 216 valence electrons. The first kappa shape index (κ1) is 28.8. The fraction of sp³-hybridized carbons (Fsp3) is 0.355. The van der Waals surface area contributed by atoms with Crippen molar-refractivity contribution in [2.75, 3.05) is 18.0 Å². The third kappa shape index (κ3) is 5.72. The van der Waals surface area contributed by atoms with Crippen LogP contribution in [0.1, 0.15) is 61.8 Å². The second-order valence-corrected chi connectivity index (χ2v) is 13.2. The highest BCUT2D eigenvalue weighted by Gasteiger charge is 2.51. The lowest BCUT2D eigenvalue weighted by Gasteiger charge is -2.33. The van der Waals surface area contributed by atoms with E-state index >= 15 is 0 Å². The number of carbonyl (C=O) groups excluding carboxylic acids is 2. The van der Waals surface area contributed by atoms with Crippen LogP contribution in [0.25, 0.3) is 0 Å². The number of likely N-dealkylation sites (tertiary alicyclic amines) is 1. The number of hydrogen-bond donors (Lipinski definition) is 2. The van der Waals surface area contributed by atoms with Gasteiger partial charge in [0, 0.05) is 18.7 Å². The van der Waals surface area contributed by atoms with Crippen molar-refractivity contribution in [3.05, 3.63) is 95.1 Å². The summed E-state index contributed by atoms with van der Waals surface area (Å²) in [4.78, 5) is 29.4. The van der Waals surface area contributed by atoms with Gasteiger partial charge >= 0.3 is 6.09 Å². The molecule has 2 aliphatic rings. The highest BCUT2D eigenvalue weighted by molar-refractivity contribution is 7.89. The van der Waals surface area contributed by atoms with E-state index in [2.05, 4.69) is 12.1 Å². The Morgan fingerprint density at radius 2 is 1.61 bits per heavy atom. The minimum Gasteiger partial charge on any atom is -0.444 e. The molecule has 10 heteroatoms. The standard InChI is InChI=1S/C31H35N3O6S/c1-30(2,3)40-29(36)33-18-16-23(17-19-33)22-10-8-21(9-11-22)20-34-27-7-5-4-6-26(27)31(37,28(34)35)24-12-14-25(15-13-24)41(32,38)39/h4-15,23,37H,16-20H2,1-3H3,(H2,32,38,39). The van der Waals surface area contributed by atoms with Crippen LogP contribution >= 0.6 is 0 Å². The number of nitrogens with two attached hydrogens (primary N) is 1. The smallest absolute Gasteiger partial charge is 0.410 e. The molecule has 9 nitrogen and oxygen atoms in total. The van der Waals surface area contributed by atoms with Crippen LogP contribution in [-0.4, -0.2) is 49.1 Å². The van der Waals surface area contributed by atoms with Gasteiger partial charge in [-0.05, 0) is 74.4 Å². The number of piperidine rings is 1. The zero-order valence-corrected chi connectivity index (χ0v) is 24.2. The number of anilines is 1. The fourth-order valence-electron chi connectivity index (χ4n) is 5.56. The van der Waals surface area contributed by atoms with E-state index in [9.17, 15) is 23.1 Å². The van der Waals surface area contributed by atoms with Gasteiger partial charge in [0.1, 0.15) is 5.60 Å². The normalized spacial score (nSPS) is 19.8. The van der Waals surface area contributed by atoms with Crippen molar-refractivity contribution in [1.29, 1.82) is 0 Å². The maximum Gasteiger partial charge on any atom is 0.410 e. The van der Waals surface area contributed by atoms with Crippen molar-refractivity contribution >= 4 is 27.7 Å². The third-order valence-electron chi connectivity index (χ3n) is 7.68. The highest BCUT2D eigenvalue weighted by atomic mass is 32.2. The summed E-state index contributed by atoms with van der Waals surface area (Å²) < 4.78 is 28.9. The number of nitrogens with zero attached hydrogens (tertiary/aromatic N) is 2. The molecule has 1 saturated heterocycles. The van der Waals surface area contributed by atoms with Crippen molar-refractivity contribution in [1.82, 2.24) is 4.90 Å². The predicted octanol–water partition coefficient (Wildman–Crippen LogP) is 4.23. The Bertz CT molecular complexity index is 1560. The first-order chi connectivity index (χ1) is 19.3. The second-order valence-electron chi connectivity index (χ2n) is 11.7.